The molecular weight excluding hydrogens is 292 g/mol. The number of hydrogen-bond donors (Lipinski definition) is 0. The van der Waals surface area contributed by atoms with Crippen molar-refractivity contribution in [1.29, 1.82) is 0 Å². The van der Waals surface area contributed by atoms with Gasteiger partial charge in [0, 0.05) is 10.7 Å². The molecule has 4 heteroatoms. The van der Waals surface area contributed by atoms with E-state index in [4.69, 9.17) is 10.7 Å². The van der Waals surface area contributed by atoms with E-state index < -0.39 is 14.3 Å². The molecule has 0 fully saturated rings. The standard InChI is InChI=1S/C16H23ClO2S/c1-11(20(17,18)19)12-6-7-13-14(10-12)16(4,5)9-8-15(13,2)3/h6-7,10-11H,8-9H2,1-5H3/t11-/m0/s1. The van der Waals surface area contributed by atoms with Crippen molar-refractivity contribution < 1.29 is 8.42 Å². The smallest absolute Gasteiger partial charge is 0.212 e. The van der Waals surface area contributed by atoms with E-state index in [2.05, 4.69) is 33.8 Å². The van der Waals surface area contributed by atoms with Crippen LogP contribution in [0, 0.1) is 0 Å². The van der Waals surface area contributed by atoms with Crippen molar-refractivity contribution >= 4 is 19.7 Å². The molecular formula is C16H23ClO2S. The highest BCUT2D eigenvalue weighted by Crippen LogP contribution is 2.46. The summed E-state index contributed by atoms with van der Waals surface area (Å²) in [5, 5.41) is -0.671. The molecule has 0 unspecified atom stereocenters. The van der Waals surface area contributed by atoms with Crippen molar-refractivity contribution in [1.82, 2.24) is 0 Å². The van der Waals surface area contributed by atoms with E-state index in [0.717, 1.165) is 18.4 Å². The Hall–Kier alpha value is -0.540. The highest BCUT2D eigenvalue weighted by atomic mass is 35.7. The zero-order chi connectivity index (χ0) is 15.3. The van der Waals surface area contributed by atoms with Crippen LogP contribution in [0.15, 0.2) is 18.2 Å². The van der Waals surface area contributed by atoms with Crippen LogP contribution in [0.2, 0.25) is 0 Å². The Balaban J connectivity index is 2.60. The zero-order valence-electron chi connectivity index (χ0n) is 12.8. The first-order chi connectivity index (χ1) is 8.95. The van der Waals surface area contributed by atoms with Crippen molar-refractivity contribution in [2.24, 2.45) is 0 Å². The molecule has 20 heavy (non-hydrogen) atoms. The fourth-order valence-electron chi connectivity index (χ4n) is 3.02. The van der Waals surface area contributed by atoms with Gasteiger partial charge in [0.25, 0.3) is 0 Å². The molecule has 2 nitrogen and oxygen atoms in total. The fourth-order valence-corrected chi connectivity index (χ4v) is 3.80. The Labute approximate surface area is 127 Å². The minimum absolute atomic E-state index is 0.0800. The van der Waals surface area contributed by atoms with Crippen LogP contribution >= 0.6 is 10.7 Å². The monoisotopic (exact) mass is 314 g/mol. The second kappa shape index (κ2) is 4.74. The largest absolute Gasteiger partial charge is 0.239 e. The van der Waals surface area contributed by atoms with Gasteiger partial charge in [0.2, 0.25) is 9.05 Å². The van der Waals surface area contributed by atoms with Gasteiger partial charge in [-0.2, -0.15) is 0 Å². The quantitative estimate of drug-likeness (QED) is 0.744. The molecule has 1 aromatic carbocycles. The van der Waals surface area contributed by atoms with E-state index >= 15 is 0 Å². The second-order valence-electron chi connectivity index (χ2n) is 7.19. The van der Waals surface area contributed by atoms with E-state index in [9.17, 15) is 8.42 Å². The van der Waals surface area contributed by atoms with Crippen molar-refractivity contribution in [3.8, 4) is 0 Å². The Morgan fingerprint density at radius 1 is 1.05 bits per heavy atom. The molecule has 0 bridgehead atoms. The lowest BCUT2D eigenvalue weighted by atomic mass is 9.63. The van der Waals surface area contributed by atoms with Gasteiger partial charge in [0.05, 0.1) is 5.25 Å². The van der Waals surface area contributed by atoms with Crippen molar-refractivity contribution in [3.05, 3.63) is 34.9 Å². The Bertz CT molecular complexity index is 630. The molecule has 0 spiro atoms. The fraction of sp³-hybridized carbons (Fsp3) is 0.625. The topological polar surface area (TPSA) is 34.1 Å². The highest BCUT2D eigenvalue weighted by Gasteiger charge is 2.37. The summed E-state index contributed by atoms with van der Waals surface area (Å²) in [7, 11) is 1.92. The maximum absolute atomic E-state index is 11.6. The van der Waals surface area contributed by atoms with E-state index in [1.54, 1.807) is 6.92 Å². The summed E-state index contributed by atoms with van der Waals surface area (Å²) in [6.45, 7) is 10.6. The second-order valence-corrected chi connectivity index (χ2v) is 10.1. The molecule has 112 valence electrons. The molecule has 0 radical (unpaired) electrons. The minimum atomic E-state index is -3.58. The first-order valence-electron chi connectivity index (χ1n) is 7.03. The van der Waals surface area contributed by atoms with Gasteiger partial charge in [-0.15, -0.1) is 0 Å². The van der Waals surface area contributed by atoms with Crippen LogP contribution < -0.4 is 0 Å². The Morgan fingerprint density at radius 3 is 2.05 bits per heavy atom. The zero-order valence-corrected chi connectivity index (χ0v) is 14.4. The van der Waals surface area contributed by atoms with Crippen molar-refractivity contribution in [2.45, 2.75) is 63.5 Å². The average Bonchev–Trinajstić information content (AvgIpc) is 2.33. The number of rotatable bonds is 2. The molecule has 0 heterocycles. The Morgan fingerprint density at radius 2 is 1.55 bits per heavy atom. The van der Waals surface area contributed by atoms with E-state index in [-0.39, 0.29) is 10.8 Å². The van der Waals surface area contributed by atoms with Gasteiger partial charge in [-0.1, -0.05) is 45.9 Å². The third-order valence-electron chi connectivity index (χ3n) is 4.77. The van der Waals surface area contributed by atoms with Crippen LogP contribution in [0.5, 0.6) is 0 Å². The summed E-state index contributed by atoms with van der Waals surface area (Å²) in [4.78, 5) is 0. The molecule has 0 saturated heterocycles. The predicted octanol–water partition coefficient (Wildman–Crippen LogP) is 4.67. The van der Waals surface area contributed by atoms with Crippen LogP contribution in [-0.2, 0) is 19.9 Å². The molecule has 1 aliphatic carbocycles. The van der Waals surface area contributed by atoms with E-state index in [1.165, 1.54) is 11.1 Å². The summed E-state index contributed by atoms with van der Waals surface area (Å²) >= 11 is 0. The number of halogens is 1. The SMILES string of the molecule is C[C@@H](c1ccc2c(c1)C(C)(C)CCC2(C)C)S(=O)(=O)Cl. The number of benzene rings is 1. The molecule has 0 amide bonds. The summed E-state index contributed by atoms with van der Waals surface area (Å²) in [6, 6.07) is 6.04. The van der Waals surface area contributed by atoms with Gasteiger partial charge in [-0.25, -0.2) is 8.42 Å². The summed E-state index contributed by atoms with van der Waals surface area (Å²) < 4.78 is 23.1. The first-order valence-corrected chi connectivity index (χ1v) is 9.41. The average molecular weight is 315 g/mol. The van der Waals surface area contributed by atoms with Gasteiger partial charge in [0.15, 0.2) is 0 Å². The lowest BCUT2D eigenvalue weighted by Gasteiger charge is -2.42. The van der Waals surface area contributed by atoms with Crippen molar-refractivity contribution in [3.63, 3.8) is 0 Å². The Kier molecular flexibility index (Phi) is 3.75. The van der Waals surface area contributed by atoms with Gasteiger partial charge in [-0.3, -0.25) is 0 Å². The molecule has 0 aliphatic heterocycles. The summed E-state index contributed by atoms with van der Waals surface area (Å²) in [6.07, 6.45) is 2.26. The van der Waals surface area contributed by atoms with Crippen LogP contribution in [-0.4, -0.2) is 8.42 Å². The number of fused-ring (bicyclic) bond motifs is 1. The summed E-state index contributed by atoms with van der Waals surface area (Å²) in [5.41, 5.74) is 3.60. The summed E-state index contributed by atoms with van der Waals surface area (Å²) in [5.74, 6) is 0. The van der Waals surface area contributed by atoms with Crippen molar-refractivity contribution in [2.75, 3.05) is 0 Å². The third kappa shape index (κ3) is 2.75. The maximum atomic E-state index is 11.6. The maximum Gasteiger partial charge on any atom is 0.239 e. The van der Waals surface area contributed by atoms with E-state index in [0.29, 0.717) is 0 Å². The number of hydrogen-bond acceptors (Lipinski definition) is 2. The highest BCUT2D eigenvalue weighted by molar-refractivity contribution is 8.13. The minimum Gasteiger partial charge on any atom is -0.212 e. The third-order valence-corrected chi connectivity index (χ3v) is 6.69. The predicted molar refractivity (Wildman–Crippen MR) is 84.9 cm³/mol. The molecule has 1 aliphatic rings. The van der Waals surface area contributed by atoms with Crippen LogP contribution in [0.3, 0.4) is 0 Å². The van der Waals surface area contributed by atoms with Crippen LogP contribution in [0.25, 0.3) is 0 Å². The molecule has 0 aromatic heterocycles. The molecule has 0 N–H and O–H groups in total. The van der Waals surface area contributed by atoms with Gasteiger partial charge in [0.1, 0.15) is 0 Å². The van der Waals surface area contributed by atoms with E-state index in [1.807, 2.05) is 12.1 Å². The lowest BCUT2D eigenvalue weighted by molar-refractivity contribution is 0.331. The lowest BCUT2D eigenvalue weighted by Crippen LogP contribution is -2.34. The van der Waals surface area contributed by atoms with Gasteiger partial charge in [-0.05, 0) is 47.3 Å². The first kappa shape index (κ1) is 15.8. The van der Waals surface area contributed by atoms with Gasteiger partial charge >= 0.3 is 0 Å². The van der Waals surface area contributed by atoms with Gasteiger partial charge < -0.3 is 0 Å². The molecule has 0 saturated carbocycles. The molecule has 2 rings (SSSR count). The molecule has 1 aromatic rings. The van der Waals surface area contributed by atoms with Crippen LogP contribution in [0.4, 0.5) is 0 Å². The molecule has 1 atom stereocenters. The van der Waals surface area contributed by atoms with Crippen LogP contribution in [0.1, 0.15) is 69.4 Å². The normalized spacial score (nSPS) is 22.1.